The van der Waals surface area contributed by atoms with Gasteiger partial charge < -0.3 is 20.1 Å². The minimum atomic E-state index is -0.732. The van der Waals surface area contributed by atoms with Crippen LogP contribution in [0, 0.1) is 0 Å². The Balaban J connectivity index is 1.33. The number of aryl methyl sites for hydroxylation is 1. The minimum absolute atomic E-state index is 0.592. The molecule has 0 aromatic heterocycles. The molecular weight excluding hydrogens is 312 g/mol. The Morgan fingerprint density at radius 2 is 1.80 bits per heavy atom. The molecule has 0 amide bonds. The number of fused-ring (bicyclic) bond motifs is 1. The highest BCUT2D eigenvalue weighted by molar-refractivity contribution is 5.48. The summed E-state index contributed by atoms with van der Waals surface area (Å²) in [5.41, 5.74) is 4.14. The molecule has 2 aliphatic rings. The van der Waals surface area contributed by atoms with E-state index in [-0.39, 0.29) is 0 Å². The van der Waals surface area contributed by atoms with Gasteiger partial charge in [-0.1, -0.05) is 36.4 Å². The monoisotopic (exact) mass is 338 g/mol. The number of nitrogens with one attached hydrogen (secondary N) is 1. The van der Waals surface area contributed by atoms with Crippen LogP contribution in [0.1, 0.15) is 23.1 Å². The average Bonchev–Trinajstić information content (AvgIpc) is 3.01. The van der Waals surface area contributed by atoms with Crippen molar-refractivity contribution in [3.05, 3.63) is 65.2 Å². The molecule has 25 heavy (non-hydrogen) atoms. The van der Waals surface area contributed by atoms with Crippen LogP contribution in [0.2, 0.25) is 0 Å². The predicted octanol–water partition coefficient (Wildman–Crippen LogP) is 2.45. The number of hydrogen-bond acceptors (Lipinski definition) is 4. The molecule has 4 nitrogen and oxygen atoms in total. The van der Waals surface area contributed by atoms with E-state index in [1.807, 2.05) is 12.1 Å². The number of aliphatic hydroxyl groups is 1. The van der Waals surface area contributed by atoms with E-state index in [1.165, 1.54) is 16.8 Å². The van der Waals surface area contributed by atoms with Crippen LogP contribution in [0.4, 0.5) is 5.69 Å². The van der Waals surface area contributed by atoms with Gasteiger partial charge in [0.05, 0.1) is 13.2 Å². The van der Waals surface area contributed by atoms with Crippen LogP contribution in [0.3, 0.4) is 0 Å². The molecule has 1 aliphatic carbocycles. The van der Waals surface area contributed by atoms with Crippen molar-refractivity contribution in [2.24, 2.45) is 0 Å². The number of hydrogen-bond donors (Lipinski definition) is 2. The fourth-order valence-corrected chi connectivity index (χ4v) is 3.91. The zero-order chi connectivity index (χ0) is 17.1. The maximum Gasteiger partial charge on any atom is 0.103 e. The third-order valence-corrected chi connectivity index (χ3v) is 5.39. The second kappa shape index (κ2) is 7.16. The highest BCUT2D eigenvalue weighted by Gasteiger charge is 2.35. The molecule has 132 valence electrons. The number of anilines is 1. The minimum Gasteiger partial charge on any atom is -0.384 e. The molecule has 1 fully saturated rings. The summed E-state index contributed by atoms with van der Waals surface area (Å²) in [6.07, 6.45) is 1.76. The number of ether oxygens (including phenoxy) is 1. The van der Waals surface area contributed by atoms with Gasteiger partial charge in [0.15, 0.2) is 0 Å². The smallest absolute Gasteiger partial charge is 0.103 e. The van der Waals surface area contributed by atoms with Gasteiger partial charge in [0, 0.05) is 31.9 Å². The van der Waals surface area contributed by atoms with Gasteiger partial charge in [0.1, 0.15) is 5.60 Å². The second-order valence-corrected chi connectivity index (χ2v) is 7.06. The summed E-state index contributed by atoms with van der Waals surface area (Å²) in [4.78, 5) is 2.36. The molecule has 1 saturated heterocycles. The fraction of sp³-hybridized carbons (Fsp3) is 0.429. The Bertz CT molecular complexity index is 710. The van der Waals surface area contributed by atoms with Crippen LogP contribution >= 0.6 is 0 Å². The van der Waals surface area contributed by atoms with Gasteiger partial charge in [-0.05, 0) is 41.7 Å². The van der Waals surface area contributed by atoms with Crippen molar-refractivity contribution in [2.75, 3.05) is 37.7 Å². The Hall–Kier alpha value is -1.88. The molecule has 4 heteroatoms. The predicted molar refractivity (Wildman–Crippen MR) is 99.8 cm³/mol. The van der Waals surface area contributed by atoms with Crippen LogP contribution in [-0.2, 0) is 23.3 Å². The zero-order valence-electron chi connectivity index (χ0n) is 14.6. The zero-order valence-corrected chi connectivity index (χ0v) is 14.6. The van der Waals surface area contributed by atoms with Crippen LogP contribution in [0.5, 0.6) is 0 Å². The number of morpholine rings is 1. The molecule has 0 saturated carbocycles. The van der Waals surface area contributed by atoms with E-state index in [0.717, 1.165) is 51.3 Å². The fourth-order valence-electron chi connectivity index (χ4n) is 3.91. The summed E-state index contributed by atoms with van der Waals surface area (Å²) in [6.45, 7) is 4.91. The van der Waals surface area contributed by atoms with E-state index in [0.29, 0.717) is 6.54 Å². The van der Waals surface area contributed by atoms with Crippen molar-refractivity contribution in [2.45, 2.75) is 25.0 Å². The summed E-state index contributed by atoms with van der Waals surface area (Å²) in [5.74, 6) is 0. The van der Waals surface area contributed by atoms with Crippen LogP contribution < -0.4 is 10.2 Å². The van der Waals surface area contributed by atoms with E-state index >= 15 is 0 Å². The summed E-state index contributed by atoms with van der Waals surface area (Å²) >= 11 is 0. The second-order valence-electron chi connectivity index (χ2n) is 7.06. The molecule has 2 N–H and O–H groups in total. The molecule has 0 radical (unpaired) electrons. The Morgan fingerprint density at radius 1 is 1.04 bits per heavy atom. The maximum atomic E-state index is 11.0. The van der Waals surface area contributed by atoms with Crippen molar-refractivity contribution in [3.63, 3.8) is 0 Å². The summed E-state index contributed by atoms with van der Waals surface area (Å²) < 4.78 is 5.41. The molecule has 2 aromatic rings. The normalized spacial score (nSPS) is 22.8. The third kappa shape index (κ3) is 3.56. The summed E-state index contributed by atoms with van der Waals surface area (Å²) in [6, 6.07) is 16.9. The molecule has 4 rings (SSSR count). The van der Waals surface area contributed by atoms with E-state index in [4.69, 9.17) is 4.74 Å². The first-order valence-electron chi connectivity index (χ1n) is 9.18. The lowest BCUT2D eigenvalue weighted by atomic mass is 9.96. The number of rotatable bonds is 5. The maximum absolute atomic E-state index is 11.0. The van der Waals surface area contributed by atoms with Crippen LogP contribution in [-0.4, -0.2) is 38.0 Å². The van der Waals surface area contributed by atoms with E-state index in [1.54, 1.807) is 0 Å². The number of nitrogens with zero attached hydrogens (tertiary/aromatic N) is 1. The topological polar surface area (TPSA) is 44.7 Å². The standard InChI is InChI=1S/C21H26N2O2/c24-21(10-9-18-3-1-2-4-20(18)21)16-22-15-17-5-7-19(8-6-17)23-11-13-25-14-12-23/h1-8,22,24H,9-16H2. The first kappa shape index (κ1) is 16.6. The van der Waals surface area contributed by atoms with Crippen LogP contribution in [0.15, 0.2) is 48.5 Å². The van der Waals surface area contributed by atoms with E-state index < -0.39 is 5.60 Å². The largest absolute Gasteiger partial charge is 0.384 e. The van der Waals surface area contributed by atoms with Crippen molar-refractivity contribution in [1.29, 1.82) is 0 Å². The average molecular weight is 338 g/mol. The highest BCUT2D eigenvalue weighted by atomic mass is 16.5. The van der Waals surface area contributed by atoms with E-state index in [2.05, 4.69) is 46.6 Å². The quantitative estimate of drug-likeness (QED) is 0.879. The van der Waals surface area contributed by atoms with Crippen LogP contribution in [0.25, 0.3) is 0 Å². The number of benzene rings is 2. The lowest BCUT2D eigenvalue weighted by Gasteiger charge is -2.29. The highest BCUT2D eigenvalue weighted by Crippen LogP contribution is 2.36. The summed E-state index contributed by atoms with van der Waals surface area (Å²) in [7, 11) is 0. The SMILES string of the molecule is OC1(CNCc2ccc(N3CCOCC3)cc2)CCc2ccccc21. The van der Waals surface area contributed by atoms with Gasteiger partial charge in [0.2, 0.25) is 0 Å². The van der Waals surface area contributed by atoms with Gasteiger partial charge in [-0.15, -0.1) is 0 Å². The molecular formula is C21H26N2O2. The lowest BCUT2D eigenvalue weighted by molar-refractivity contribution is 0.0384. The molecule has 0 bridgehead atoms. The van der Waals surface area contributed by atoms with Gasteiger partial charge in [0.25, 0.3) is 0 Å². The van der Waals surface area contributed by atoms with Crippen molar-refractivity contribution < 1.29 is 9.84 Å². The molecule has 1 aliphatic heterocycles. The van der Waals surface area contributed by atoms with Crippen molar-refractivity contribution >= 4 is 5.69 Å². The Labute approximate surface area is 149 Å². The third-order valence-electron chi connectivity index (χ3n) is 5.39. The van der Waals surface area contributed by atoms with Gasteiger partial charge >= 0.3 is 0 Å². The molecule has 1 atom stereocenters. The molecule has 2 aromatic carbocycles. The first-order valence-corrected chi connectivity index (χ1v) is 9.18. The van der Waals surface area contributed by atoms with Gasteiger partial charge in [-0.3, -0.25) is 0 Å². The van der Waals surface area contributed by atoms with E-state index in [9.17, 15) is 5.11 Å². The lowest BCUT2D eigenvalue weighted by Crippen LogP contribution is -2.36. The summed E-state index contributed by atoms with van der Waals surface area (Å²) in [5, 5.41) is 14.4. The van der Waals surface area contributed by atoms with Crippen molar-refractivity contribution in [3.8, 4) is 0 Å². The Kier molecular flexibility index (Phi) is 4.75. The molecule has 0 spiro atoms. The van der Waals surface area contributed by atoms with Gasteiger partial charge in [-0.25, -0.2) is 0 Å². The molecule has 1 unspecified atom stereocenters. The molecule has 1 heterocycles. The first-order chi connectivity index (χ1) is 12.2. The van der Waals surface area contributed by atoms with Gasteiger partial charge in [-0.2, -0.15) is 0 Å². The Morgan fingerprint density at radius 3 is 2.60 bits per heavy atom. The van der Waals surface area contributed by atoms with Crippen molar-refractivity contribution in [1.82, 2.24) is 5.32 Å².